The molecule has 0 spiro atoms. The van der Waals surface area contributed by atoms with Crippen molar-refractivity contribution in [2.24, 2.45) is 11.7 Å². The summed E-state index contributed by atoms with van der Waals surface area (Å²) in [7, 11) is 0. The molecule has 2 rings (SSSR count). The van der Waals surface area contributed by atoms with Crippen LogP contribution in [0.15, 0.2) is 0 Å². The maximum Gasteiger partial charge on any atom is 0.251 e. The number of unbranched alkanes of at least 4 members (excludes halogenated alkanes) is 1. The molecule has 1 aromatic rings. The third kappa shape index (κ3) is 4.34. The van der Waals surface area contributed by atoms with Crippen molar-refractivity contribution in [2.45, 2.75) is 71.6 Å². The van der Waals surface area contributed by atoms with Gasteiger partial charge in [-0.25, -0.2) is 0 Å². The van der Waals surface area contributed by atoms with E-state index in [-0.39, 0.29) is 11.8 Å². The van der Waals surface area contributed by atoms with Crippen molar-refractivity contribution < 1.29 is 9.59 Å². The Kier molecular flexibility index (Phi) is 6.63. The van der Waals surface area contributed by atoms with E-state index in [1.165, 1.54) is 11.3 Å². The fraction of sp³-hybridized carbons (Fsp3) is 0.667. The molecule has 23 heavy (non-hydrogen) atoms. The fourth-order valence-corrected chi connectivity index (χ4v) is 4.57. The van der Waals surface area contributed by atoms with E-state index in [0.29, 0.717) is 10.6 Å². The molecule has 0 fully saturated rings. The van der Waals surface area contributed by atoms with E-state index in [2.05, 4.69) is 12.2 Å². The van der Waals surface area contributed by atoms with Crippen LogP contribution in [0.3, 0.4) is 0 Å². The van der Waals surface area contributed by atoms with Gasteiger partial charge in [0.15, 0.2) is 0 Å². The highest BCUT2D eigenvalue weighted by Crippen LogP contribution is 2.37. The van der Waals surface area contributed by atoms with Crippen LogP contribution in [0.25, 0.3) is 0 Å². The smallest absolute Gasteiger partial charge is 0.251 e. The minimum Gasteiger partial charge on any atom is -0.365 e. The van der Waals surface area contributed by atoms with Gasteiger partial charge < -0.3 is 11.1 Å². The molecule has 1 atom stereocenters. The van der Waals surface area contributed by atoms with E-state index in [1.54, 1.807) is 11.3 Å². The van der Waals surface area contributed by atoms with Crippen molar-refractivity contribution in [1.82, 2.24) is 0 Å². The lowest BCUT2D eigenvalue weighted by molar-refractivity contribution is -0.120. The van der Waals surface area contributed by atoms with Gasteiger partial charge in [-0.15, -0.1) is 11.3 Å². The summed E-state index contributed by atoms with van der Waals surface area (Å²) in [6, 6.07) is 0. The summed E-state index contributed by atoms with van der Waals surface area (Å²) >= 11 is 1.55. The molecule has 1 aliphatic carbocycles. The van der Waals surface area contributed by atoms with Gasteiger partial charge in [-0.05, 0) is 44.1 Å². The lowest BCUT2D eigenvalue weighted by atomic mass is 9.98. The Hall–Kier alpha value is -1.36. The largest absolute Gasteiger partial charge is 0.365 e. The molecule has 1 heterocycles. The van der Waals surface area contributed by atoms with E-state index in [1.807, 2.05) is 6.92 Å². The highest BCUT2D eigenvalue weighted by molar-refractivity contribution is 7.17. The monoisotopic (exact) mass is 336 g/mol. The van der Waals surface area contributed by atoms with Gasteiger partial charge in [-0.2, -0.15) is 0 Å². The SMILES string of the molecule is CCCC[C@H](CC)C(=O)Nc1sc2c(c1C(N)=O)CCCCC2. The van der Waals surface area contributed by atoms with E-state index >= 15 is 0 Å². The molecule has 0 unspecified atom stereocenters. The second kappa shape index (κ2) is 8.48. The van der Waals surface area contributed by atoms with Crippen LogP contribution < -0.4 is 11.1 Å². The highest BCUT2D eigenvalue weighted by atomic mass is 32.1. The summed E-state index contributed by atoms with van der Waals surface area (Å²) in [6.07, 6.45) is 9.17. The van der Waals surface area contributed by atoms with Crippen molar-refractivity contribution >= 4 is 28.2 Å². The van der Waals surface area contributed by atoms with Gasteiger partial charge in [0.25, 0.3) is 5.91 Å². The minimum absolute atomic E-state index is 0.0117. The number of thiophene rings is 1. The molecule has 0 radical (unpaired) electrons. The Bertz CT molecular complexity index is 566. The molecule has 0 aliphatic heterocycles. The zero-order chi connectivity index (χ0) is 16.8. The predicted octanol–water partition coefficient (Wildman–Crippen LogP) is 4.27. The number of rotatable bonds is 7. The number of fused-ring (bicyclic) bond motifs is 1. The van der Waals surface area contributed by atoms with Crippen molar-refractivity contribution in [2.75, 3.05) is 5.32 Å². The lowest BCUT2D eigenvalue weighted by Gasteiger charge is -2.14. The Morgan fingerprint density at radius 2 is 1.96 bits per heavy atom. The molecule has 128 valence electrons. The second-order valence-electron chi connectivity index (χ2n) is 6.37. The first-order valence-corrected chi connectivity index (χ1v) is 9.65. The van der Waals surface area contributed by atoms with E-state index in [0.717, 1.165) is 56.9 Å². The molecule has 0 bridgehead atoms. The van der Waals surface area contributed by atoms with Crippen molar-refractivity contribution in [3.05, 3.63) is 16.0 Å². The maximum absolute atomic E-state index is 12.5. The highest BCUT2D eigenvalue weighted by Gasteiger charge is 2.25. The number of carbonyl (C=O) groups is 2. The number of primary amides is 1. The van der Waals surface area contributed by atoms with Crippen LogP contribution in [0.5, 0.6) is 0 Å². The number of nitrogens with one attached hydrogen (secondary N) is 1. The summed E-state index contributed by atoms with van der Waals surface area (Å²) in [5, 5.41) is 3.68. The van der Waals surface area contributed by atoms with Gasteiger partial charge in [0, 0.05) is 10.8 Å². The summed E-state index contributed by atoms with van der Waals surface area (Å²) in [5.74, 6) is -0.376. The molecular formula is C18H28N2O2S. The van der Waals surface area contributed by atoms with Crippen molar-refractivity contribution in [3.8, 4) is 0 Å². The van der Waals surface area contributed by atoms with Crippen LogP contribution in [0.4, 0.5) is 5.00 Å². The fourth-order valence-electron chi connectivity index (χ4n) is 3.28. The standard InChI is InChI=1S/C18H28N2O2S/c1-3-5-9-12(4-2)17(22)20-18-15(16(19)21)13-10-7-6-8-11-14(13)23-18/h12H,3-11H2,1-2H3,(H2,19,21)(H,20,22)/t12-/m0/s1. The molecule has 4 nitrogen and oxygen atoms in total. The first-order valence-electron chi connectivity index (χ1n) is 8.83. The second-order valence-corrected chi connectivity index (χ2v) is 7.47. The van der Waals surface area contributed by atoms with Crippen LogP contribution in [0.1, 0.15) is 79.6 Å². The average Bonchev–Trinajstić information content (AvgIpc) is 2.69. The summed E-state index contributed by atoms with van der Waals surface area (Å²) in [6.45, 7) is 4.17. The van der Waals surface area contributed by atoms with Gasteiger partial charge in [-0.1, -0.05) is 33.1 Å². The number of hydrogen-bond acceptors (Lipinski definition) is 3. The Morgan fingerprint density at radius 1 is 1.22 bits per heavy atom. The van der Waals surface area contributed by atoms with Crippen molar-refractivity contribution in [1.29, 1.82) is 0 Å². The number of hydrogen-bond donors (Lipinski definition) is 2. The normalized spacial score (nSPS) is 15.6. The number of carbonyl (C=O) groups excluding carboxylic acids is 2. The molecule has 1 aliphatic rings. The molecular weight excluding hydrogens is 308 g/mol. The van der Waals surface area contributed by atoms with E-state index in [9.17, 15) is 9.59 Å². The van der Waals surface area contributed by atoms with Gasteiger partial charge in [0.1, 0.15) is 5.00 Å². The molecule has 3 N–H and O–H groups in total. The van der Waals surface area contributed by atoms with Crippen LogP contribution in [0.2, 0.25) is 0 Å². The summed E-state index contributed by atoms with van der Waals surface area (Å²) < 4.78 is 0. The van der Waals surface area contributed by atoms with Crippen LogP contribution in [-0.2, 0) is 17.6 Å². The molecule has 2 amide bonds. The minimum atomic E-state index is -0.415. The van der Waals surface area contributed by atoms with Crippen molar-refractivity contribution in [3.63, 3.8) is 0 Å². The third-order valence-electron chi connectivity index (χ3n) is 4.67. The maximum atomic E-state index is 12.5. The molecule has 0 aromatic carbocycles. The zero-order valence-corrected chi connectivity index (χ0v) is 15.1. The zero-order valence-electron chi connectivity index (χ0n) is 14.2. The quantitative estimate of drug-likeness (QED) is 0.730. The number of anilines is 1. The number of nitrogens with two attached hydrogens (primary N) is 1. The predicted molar refractivity (Wildman–Crippen MR) is 96.0 cm³/mol. The number of amides is 2. The molecule has 0 saturated heterocycles. The Balaban J connectivity index is 2.22. The Morgan fingerprint density at radius 3 is 2.61 bits per heavy atom. The van der Waals surface area contributed by atoms with Gasteiger partial charge >= 0.3 is 0 Å². The first kappa shape index (κ1) is 18.0. The van der Waals surface area contributed by atoms with Crippen LogP contribution >= 0.6 is 11.3 Å². The number of aryl methyl sites for hydroxylation is 1. The Labute approximate surface area is 142 Å². The van der Waals surface area contributed by atoms with Gasteiger partial charge in [0.05, 0.1) is 5.56 Å². The molecule has 5 heteroatoms. The van der Waals surface area contributed by atoms with Gasteiger partial charge in [-0.3, -0.25) is 9.59 Å². The van der Waals surface area contributed by atoms with Crippen LogP contribution in [0, 0.1) is 5.92 Å². The third-order valence-corrected chi connectivity index (χ3v) is 5.88. The summed E-state index contributed by atoms with van der Waals surface area (Å²) in [4.78, 5) is 25.7. The first-order chi connectivity index (χ1) is 11.1. The average molecular weight is 337 g/mol. The van der Waals surface area contributed by atoms with Crippen LogP contribution in [-0.4, -0.2) is 11.8 Å². The summed E-state index contributed by atoms with van der Waals surface area (Å²) in [5.41, 5.74) is 7.26. The lowest BCUT2D eigenvalue weighted by Crippen LogP contribution is -2.24. The topological polar surface area (TPSA) is 72.2 Å². The molecule has 1 aromatic heterocycles. The van der Waals surface area contributed by atoms with Gasteiger partial charge in [0.2, 0.25) is 5.91 Å². The van der Waals surface area contributed by atoms with E-state index in [4.69, 9.17) is 5.73 Å². The van der Waals surface area contributed by atoms with E-state index < -0.39 is 5.91 Å². The molecule has 0 saturated carbocycles.